The maximum atomic E-state index is 10.6. The summed E-state index contributed by atoms with van der Waals surface area (Å²) in [6, 6.07) is 23.8. The fourth-order valence-electron chi connectivity index (χ4n) is 3.86. The second-order valence-corrected chi connectivity index (χ2v) is 8.02. The summed E-state index contributed by atoms with van der Waals surface area (Å²) in [4.78, 5) is 6.36. The first-order valence-corrected chi connectivity index (χ1v) is 10.5. The standard InChI is InChI=1S/C24H18ClN3O2S/c25-16-9-10-19(29)18(14-16)28-23(22(27-24(28)31)17-8-4-5-13-26-17)21-12-11-20(30-21)15-6-2-1-3-7-15/h1-14,22-23,29H,(H,27,31). The number of anilines is 1. The molecule has 1 aliphatic rings. The average Bonchev–Trinajstić information content (AvgIpc) is 3.41. The van der Waals surface area contributed by atoms with Gasteiger partial charge in [-0.05, 0) is 54.7 Å². The Kier molecular flexibility index (Phi) is 5.10. The Hall–Kier alpha value is -3.35. The second-order valence-electron chi connectivity index (χ2n) is 7.20. The van der Waals surface area contributed by atoms with Crippen LogP contribution < -0.4 is 10.2 Å². The third-order valence-corrected chi connectivity index (χ3v) is 5.82. The van der Waals surface area contributed by atoms with Gasteiger partial charge in [0, 0.05) is 16.8 Å². The quantitative estimate of drug-likeness (QED) is 0.381. The Morgan fingerprint density at radius 3 is 2.58 bits per heavy atom. The van der Waals surface area contributed by atoms with Crippen molar-refractivity contribution >= 4 is 34.6 Å². The fourth-order valence-corrected chi connectivity index (χ4v) is 4.37. The molecule has 2 aromatic carbocycles. The van der Waals surface area contributed by atoms with Gasteiger partial charge in [0.2, 0.25) is 0 Å². The van der Waals surface area contributed by atoms with Crippen LogP contribution in [0.4, 0.5) is 5.69 Å². The summed E-state index contributed by atoms with van der Waals surface area (Å²) in [6.07, 6.45) is 1.74. The van der Waals surface area contributed by atoms with Crippen LogP contribution in [0.1, 0.15) is 23.5 Å². The van der Waals surface area contributed by atoms with Gasteiger partial charge in [-0.15, -0.1) is 0 Å². The highest BCUT2D eigenvalue weighted by atomic mass is 35.5. The number of rotatable bonds is 4. The van der Waals surface area contributed by atoms with Crippen LogP contribution in [-0.4, -0.2) is 15.2 Å². The molecular formula is C24H18ClN3O2S. The minimum atomic E-state index is -0.371. The first-order valence-electron chi connectivity index (χ1n) is 9.76. The predicted octanol–water partition coefficient (Wildman–Crippen LogP) is 5.88. The molecular weight excluding hydrogens is 430 g/mol. The molecule has 1 aliphatic heterocycles. The van der Waals surface area contributed by atoms with Gasteiger partial charge in [0.25, 0.3) is 0 Å². The lowest BCUT2D eigenvalue weighted by Gasteiger charge is -2.26. The molecule has 2 N–H and O–H groups in total. The molecule has 5 nitrogen and oxygen atoms in total. The molecule has 2 aromatic heterocycles. The van der Waals surface area contributed by atoms with E-state index in [0.717, 1.165) is 17.0 Å². The molecule has 154 valence electrons. The number of hydrogen-bond acceptors (Lipinski definition) is 4. The van der Waals surface area contributed by atoms with E-state index < -0.39 is 0 Å². The van der Waals surface area contributed by atoms with E-state index in [1.807, 2.05) is 65.6 Å². The topological polar surface area (TPSA) is 61.5 Å². The number of aromatic hydroxyl groups is 1. The molecule has 0 amide bonds. The Morgan fingerprint density at radius 1 is 1.00 bits per heavy atom. The van der Waals surface area contributed by atoms with E-state index >= 15 is 0 Å². The van der Waals surface area contributed by atoms with Crippen molar-refractivity contribution in [3.63, 3.8) is 0 Å². The van der Waals surface area contributed by atoms with E-state index in [0.29, 0.717) is 21.6 Å². The lowest BCUT2D eigenvalue weighted by Crippen LogP contribution is -2.29. The van der Waals surface area contributed by atoms with Crippen LogP contribution in [0.3, 0.4) is 0 Å². The summed E-state index contributed by atoms with van der Waals surface area (Å²) in [5.74, 6) is 1.53. The molecule has 7 heteroatoms. The van der Waals surface area contributed by atoms with Crippen molar-refractivity contribution in [2.24, 2.45) is 0 Å². The Morgan fingerprint density at radius 2 is 1.81 bits per heavy atom. The third kappa shape index (κ3) is 3.65. The summed E-state index contributed by atoms with van der Waals surface area (Å²) in [5, 5.41) is 14.9. The maximum Gasteiger partial charge on any atom is 0.174 e. The zero-order valence-corrected chi connectivity index (χ0v) is 17.8. The Labute approximate surface area is 189 Å². The van der Waals surface area contributed by atoms with Gasteiger partial charge in [-0.2, -0.15) is 0 Å². The molecule has 0 saturated carbocycles. The molecule has 1 saturated heterocycles. The number of nitrogens with one attached hydrogen (secondary N) is 1. The van der Waals surface area contributed by atoms with Crippen LogP contribution >= 0.6 is 23.8 Å². The van der Waals surface area contributed by atoms with Gasteiger partial charge in [-0.25, -0.2) is 0 Å². The molecule has 0 radical (unpaired) electrons. The van der Waals surface area contributed by atoms with Crippen molar-refractivity contribution in [1.29, 1.82) is 0 Å². The molecule has 31 heavy (non-hydrogen) atoms. The smallest absolute Gasteiger partial charge is 0.174 e. The molecule has 5 rings (SSSR count). The van der Waals surface area contributed by atoms with Crippen molar-refractivity contribution in [2.45, 2.75) is 12.1 Å². The maximum absolute atomic E-state index is 10.6. The fraction of sp³-hybridized carbons (Fsp3) is 0.0833. The van der Waals surface area contributed by atoms with Crippen molar-refractivity contribution in [3.05, 3.63) is 102 Å². The highest BCUT2D eigenvalue weighted by molar-refractivity contribution is 7.80. The zero-order chi connectivity index (χ0) is 21.4. The minimum absolute atomic E-state index is 0.0788. The van der Waals surface area contributed by atoms with Crippen molar-refractivity contribution < 1.29 is 9.52 Å². The minimum Gasteiger partial charge on any atom is -0.506 e. The number of halogens is 1. The highest BCUT2D eigenvalue weighted by Gasteiger charge is 2.43. The molecule has 1 fully saturated rings. The lowest BCUT2D eigenvalue weighted by molar-refractivity contribution is 0.434. The normalized spacial score (nSPS) is 18.2. The van der Waals surface area contributed by atoms with Crippen LogP contribution in [-0.2, 0) is 0 Å². The summed E-state index contributed by atoms with van der Waals surface area (Å²) >= 11 is 11.9. The number of hydrogen-bond donors (Lipinski definition) is 2. The predicted molar refractivity (Wildman–Crippen MR) is 125 cm³/mol. The van der Waals surface area contributed by atoms with Gasteiger partial charge < -0.3 is 19.7 Å². The van der Waals surface area contributed by atoms with Gasteiger partial charge in [-0.3, -0.25) is 4.98 Å². The Bertz CT molecular complexity index is 1230. The van der Waals surface area contributed by atoms with E-state index in [-0.39, 0.29) is 17.8 Å². The monoisotopic (exact) mass is 447 g/mol. The van der Waals surface area contributed by atoms with Crippen LogP contribution in [0.25, 0.3) is 11.3 Å². The molecule has 0 spiro atoms. The highest BCUT2D eigenvalue weighted by Crippen LogP contribution is 2.45. The third-order valence-electron chi connectivity index (χ3n) is 5.27. The first kappa shape index (κ1) is 19.6. The van der Waals surface area contributed by atoms with Gasteiger partial charge >= 0.3 is 0 Å². The van der Waals surface area contributed by atoms with Gasteiger partial charge in [0.1, 0.15) is 23.3 Å². The van der Waals surface area contributed by atoms with Gasteiger partial charge in [0.15, 0.2) is 5.11 Å². The molecule has 0 bridgehead atoms. The second kappa shape index (κ2) is 8.06. The number of benzene rings is 2. The largest absolute Gasteiger partial charge is 0.506 e. The Balaban J connectivity index is 1.63. The van der Waals surface area contributed by atoms with Crippen LogP contribution in [0.5, 0.6) is 5.75 Å². The first-order chi connectivity index (χ1) is 15.1. The number of pyridine rings is 1. The average molecular weight is 448 g/mol. The van der Waals surface area contributed by atoms with E-state index in [2.05, 4.69) is 10.3 Å². The van der Waals surface area contributed by atoms with Crippen LogP contribution in [0.15, 0.2) is 89.5 Å². The number of furan rings is 1. The zero-order valence-electron chi connectivity index (χ0n) is 16.3. The molecule has 4 aromatic rings. The van der Waals surface area contributed by atoms with Crippen LogP contribution in [0, 0.1) is 0 Å². The number of aromatic nitrogens is 1. The van der Waals surface area contributed by atoms with Crippen LogP contribution in [0.2, 0.25) is 5.02 Å². The van der Waals surface area contributed by atoms with Crippen molar-refractivity contribution in [1.82, 2.24) is 10.3 Å². The van der Waals surface area contributed by atoms with E-state index in [4.69, 9.17) is 28.2 Å². The SMILES string of the molecule is Oc1ccc(Cl)cc1N1C(=S)NC(c2ccccn2)C1c1ccc(-c2ccccc2)o1. The van der Waals surface area contributed by atoms with Crippen molar-refractivity contribution in [2.75, 3.05) is 4.90 Å². The molecule has 2 atom stereocenters. The molecule has 0 aliphatic carbocycles. The summed E-state index contributed by atoms with van der Waals surface area (Å²) < 4.78 is 6.29. The van der Waals surface area contributed by atoms with Gasteiger partial charge in [0.05, 0.1) is 17.4 Å². The lowest BCUT2D eigenvalue weighted by atomic mass is 10.0. The summed E-state index contributed by atoms with van der Waals surface area (Å²) in [6.45, 7) is 0. The van der Waals surface area contributed by atoms with Crippen molar-refractivity contribution in [3.8, 4) is 17.1 Å². The van der Waals surface area contributed by atoms with E-state index in [1.54, 1.807) is 24.4 Å². The number of thiocarbonyl (C=S) groups is 1. The molecule has 3 heterocycles. The summed E-state index contributed by atoms with van der Waals surface area (Å²) in [5.41, 5.74) is 2.30. The molecule has 2 unspecified atom stereocenters. The number of phenolic OH excluding ortho intramolecular Hbond substituents is 1. The summed E-state index contributed by atoms with van der Waals surface area (Å²) in [7, 11) is 0. The van der Waals surface area contributed by atoms with Gasteiger partial charge in [-0.1, -0.05) is 48.0 Å². The van der Waals surface area contributed by atoms with E-state index in [1.165, 1.54) is 0 Å². The van der Waals surface area contributed by atoms with E-state index in [9.17, 15) is 5.11 Å². The number of nitrogens with zero attached hydrogens (tertiary/aromatic N) is 2. The number of phenols is 1.